The van der Waals surface area contributed by atoms with Crippen molar-refractivity contribution in [3.05, 3.63) is 28.2 Å². The summed E-state index contributed by atoms with van der Waals surface area (Å²) in [4.78, 5) is 0. The molecule has 1 aromatic rings. The van der Waals surface area contributed by atoms with Crippen LogP contribution in [0.25, 0.3) is 0 Å². The Morgan fingerprint density at radius 1 is 1.29 bits per heavy atom. The van der Waals surface area contributed by atoms with Gasteiger partial charge in [-0.25, -0.2) is 0 Å². The minimum atomic E-state index is -0.392. The summed E-state index contributed by atoms with van der Waals surface area (Å²) in [6.45, 7) is 4.26. The van der Waals surface area contributed by atoms with Gasteiger partial charge in [-0.15, -0.1) is 0 Å². The van der Waals surface area contributed by atoms with E-state index in [9.17, 15) is 0 Å². The summed E-state index contributed by atoms with van der Waals surface area (Å²) in [7, 11) is 0. The molecule has 0 spiro atoms. The Morgan fingerprint density at radius 3 is 2.43 bits per heavy atom. The number of ether oxygens (including phenoxy) is 1. The fraction of sp³-hybridized carbons (Fsp3) is 0.400. The van der Waals surface area contributed by atoms with Crippen molar-refractivity contribution in [1.82, 2.24) is 0 Å². The maximum Gasteiger partial charge on any atom is 0.121 e. The van der Waals surface area contributed by atoms with E-state index in [0.717, 1.165) is 0 Å². The Labute approximate surface area is 94.0 Å². The zero-order valence-electron chi connectivity index (χ0n) is 8.18. The van der Waals surface area contributed by atoms with Crippen molar-refractivity contribution in [2.45, 2.75) is 19.4 Å². The maximum absolute atomic E-state index is 5.84. The van der Waals surface area contributed by atoms with E-state index in [0.29, 0.717) is 22.3 Å². The molecule has 2 nitrogen and oxygen atoms in total. The van der Waals surface area contributed by atoms with E-state index < -0.39 is 5.60 Å². The van der Waals surface area contributed by atoms with Gasteiger partial charge in [0, 0.05) is 12.6 Å². The number of hydrogen-bond acceptors (Lipinski definition) is 2. The van der Waals surface area contributed by atoms with Crippen LogP contribution >= 0.6 is 23.2 Å². The maximum atomic E-state index is 5.84. The molecule has 0 amide bonds. The third-order valence-electron chi connectivity index (χ3n) is 1.78. The number of nitrogens with two attached hydrogens (primary N) is 1. The van der Waals surface area contributed by atoms with Gasteiger partial charge in [0.05, 0.1) is 10.0 Å². The zero-order valence-corrected chi connectivity index (χ0v) is 9.69. The van der Waals surface area contributed by atoms with E-state index in [1.807, 2.05) is 13.8 Å². The summed E-state index contributed by atoms with van der Waals surface area (Å²) in [5.41, 5.74) is 5.15. The van der Waals surface area contributed by atoms with Gasteiger partial charge in [-0.05, 0) is 26.0 Å². The van der Waals surface area contributed by atoms with Crippen molar-refractivity contribution in [2.75, 3.05) is 6.54 Å². The zero-order chi connectivity index (χ0) is 10.8. The molecule has 14 heavy (non-hydrogen) atoms. The quantitative estimate of drug-likeness (QED) is 0.871. The smallest absolute Gasteiger partial charge is 0.121 e. The van der Waals surface area contributed by atoms with E-state index in [-0.39, 0.29) is 0 Å². The highest BCUT2D eigenvalue weighted by Crippen LogP contribution is 2.28. The third kappa shape index (κ3) is 3.05. The molecular weight excluding hydrogens is 221 g/mol. The second-order valence-electron chi connectivity index (χ2n) is 3.64. The molecule has 0 aliphatic carbocycles. The van der Waals surface area contributed by atoms with Crippen molar-refractivity contribution < 1.29 is 4.74 Å². The van der Waals surface area contributed by atoms with Crippen molar-refractivity contribution in [1.29, 1.82) is 0 Å². The van der Waals surface area contributed by atoms with Gasteiger partial charge >= 0.3 is 0 Å². The average molecular weight is 234 g/mol. The van der Waals surface area contributed by atoms with Gasteiger partial charge in [-0.1, -0.05) is 23.2 Å². The summed E-state index contributed by atoms with van der Waals surface area (Å²) >= 11 is 11.6. The molecule has 78 valence electrons. The molecule has 0 aromatic heterocycles. The summed E-state index contributed by atoms with van der Waals surface area (Å²) in [5.74, 6) is 0.676. The highest BCUT2D eigenvalue weighted by molar-refractivity contribution is 6.42. The fourth-order valence-electron chi connectivity index (χ4n) is 0.901. The fourth-order valence-corrected chi connectivity index (χ4v) is 1.19. The summed E-state index contributed by atoms with van der Waals surface area (Å²) in [6.07, 6.45) is 0. The van der Waals surface area contributed by atoms with Crippen molar-refractivity contribution in [2.24, 2.45) is 5.73 Å². The van der Waals surface area contributed by atoms with Gasteiger partial charge in [0.2, 0.25) is 0 Å². The molecule has 4 heteroatoms. The number of hydrogen-bond donors (Lipinski definition) is 1. The van der Waals surface area contributed by atoms with E-state index >= 15 is 0 Å². The average Bonchev–Trinajstić information content (AvgIpc) is 2.11. The SMILES string of the molecule is CC(C)(CN)Oc1ccc(Cl)c(Cl)c1. The standard InChI is InChI=1S/C10H13Cl2NO/c1-10(2,6-13)14-7-3-4-8(11)9(12)5-7/h3-5H,6,13H2,1-2H3. The van der Waals surface area contributed by atoms with E-state index in [2.05, 4.69) is 0 Å². The Balaban J connectivity index is 2.83. The highest BCUT2D eigenvalue weighted by Gasteiger charge is 2.17. The first-order valence-corrected chi connectivity index (χ1v) is 5.04. The Kier molecular flexibility index (Phi) is 3.65. The number of rotatable bonds is 3. The molecule has 0 saturated heterocycles. The Hall–Kier alpha value is -0.440. The topological polar surface area (TPSA) is 35.2 Å². The molecule has 0 aliphatic rings. The molecule has 0 saturated carbocycles. The van der Waals surface area contributed by atoms with Crippen LogP contribution in [0.1, 0.15) is 13.8 Å². The first-order chi connectivity index (χ1) is 6.44. The van der Waals surface area contributed by atoms with Crippen molar-refractivity contribution >= 4 is 23.2 Å². The van der Waals surface area contributed by atoms with Crippen LogP contribution in [-0.2, 0) is 0 Å². The normalized spacial score (nSPS) is 11.5. The predicted molar refractivity (Wildman–Crippen MR) is 60.2 cm³/mol. The third-order valence-corrected chi connectivity index (χ3v) is 2.52. The molecule has 1 rings (SSSR count). The molecule has 1 aromatic carbocycles. The molecule has 0 heterocycles. The molecule has 0 aliphatic heterocycles. The van der Waals surface area contributed by atoms with Crippen LogP contribution in [0.5, 0.6) is 5.75 Å². The van der Waals surface area contributed by atoms with Crippen LogP contribution in [0.4, 0.5) is 0 Å². The second kappa shape index (κ2) is 4.39. The van der Waals surface area contributed by atoms with Crippen LogP contribution in [-0.4, -0.2) is 12.1 Å². The monoisotopic (exact) mass is 233 g/mol. The predicted octanol–water partition coefficient (Wildman–Crippen LogP) is 3.11. The lowest BCUT2D eigenvalue weighted by molar-refractivity contribution is 0.119. The van der Waals surface area contributed by atoms with Crippen LogP contribution in [0.3, 0.4) is 0 Å². The van der Waals surface area contributed by atoms with Gasteiger partial charge in [0.25, 0.3) is 0 Å². The lowest BCUT2D eigenvalue weighted by Gasteiger charge is -2.24. The van der Waals surface area contributed by atoms with Crippen LogP contribution in [0.2, 0.25) is 10.0 Å². The largest absolute Gasteiger partial charge is 0.486 e. The van der Waals surface area contributed by atoms with Gasteiger partial charge in [-0.2, -0.15) is 0 Å². The molecule has 0 fully saturated rings. The molecule has 0 radical (unpaired) electrons. The van der Waals surface area contributed by atoms with Gasteiger partial charge in [-0.3, -0.25) is 0 Å². The summed E-state index contributed by atoms with van der Waals surface area (Å²) in [6, 6.07) is 5.15. The van der Waals surface area contributed by atoms with Gasteiger partial charge in [0.15, 0.2) is 0 Å². The molecule has 0 unspecified atom stereocenters. The van der Waals surface area contributed by atoms with Gasteiger partial charge in [0.1, 0.15) is 11.4 Å². The van der Waals surface area contributed by atoms with Crippen molar-refractivity contribution in [3.8, 4) is 5.75 Å². The van der Waals surface area contributed by atoms with Crippen molar-refractivity contribution in [3.63, 3.8) is 0 Å². The first kappa shape index (κ1) is 11.6. The van der Waals surface area contributed by atoms with Crippen LogP contribution in [0.15, 0.2) is 18.2 Å². The number of benzene rings is 1. The van der Waals surface area contributed by atoms with Gasteiger partial charge < -0.3 is 10.5 Å². The summed E-state index contributed by atoms with van der Waals surface area (Å²) < 4.78 is 5.62. The Bertz CT molecular complexity index is 326. The molecule has 2 N–H and O–H groups in total. The van der Waals surface area contributed by atoms with Crippen LogP contribution < -0.4 is 10.5 Å². The van der Waals surface area contributed by atoms with E-state index in [1.165, 1.54) is 0 Å². The van der Waals surface area contributed by atoms with Crippen LogP contribution in [0, 0.1) is 0 Å². The lowest BCUT2D eigenvalue weighted by atomic mass is 10.1. The van der Waals surface area contributed by atoms with E-state index in [4.69, 9.17) is 33.7 Å². The molecule has 0 atom stereocenters. The second-order valence-corrected chi connectivity index (χ2v) is 4.46. The summed E-state index contributed by atoms with van der Waals surface area (Å²) in [5, 5.41) is 1.00. The molecular formula is C10H13Cl2NO. The first-order valence-electron chi connectivity index (χ1n) is 4.29. The Morgan fingerprint density at radius 2 is 1.93 bits per heavy atom. The van der Waals surface area contributed by atoms with E-state index in [1.54, 1.807) is 18.2 Å². The highest BCUT2D eigenvalue weighted by atomic mass is 35.5. The lowest BCUT2D eigenvalue weighted by Crippen LogP contribution is -2.37. The minimum absolute atomic E-state index is 0.392. The number of halogens is 2. The minimum Gasteiger partial charge on any atom is -0.486 e. The molecule has 0 bridgehead atoms.